The van der Waals surface area contributed by atoms with Gasteiger partial charge in [-0.2, -0.15) is 0 Å². The molecular weight excluding hydrogens is 370 g/mol. The molecule has 0 aromatic heterocycles. The number of hydrogen-bond donors (Lipinski definition) is 1. The third-order valence-electron chi connectivity index (χ3n) is 4.08. The number of rotatable bonds is 7. The predicted octanol–water partition coefficient (Wildman–Crippen LogP) is 3.49. The molecule has 0 fully saturated rings. The van der Waals surface area contributed by atoms with E-state index in [-0.39, 0.29) is 5.91 Å². The second-order valence-electron chi connectivity index (χ2n) is 5.91. The lowest BCUT2D eigenvalue weighted by atomic mass is 10.1. The first-order valence-electron chi connectivity index (χ1n) is 8.79. The van der Waals surface area contributed by atoms with E-state index in [1.807, 2.05) is 19.1 Å². The van der Waals surface area contributed by atoms with Gasteiger partial charge in [-0.15, -0.1) is 0 Å². The molecule has 0 spiro atoms. The van der Waals surface area contributed by atoms with Gasteiger partial charge >= 0.3 is 0 Å². The fourth-order valence-electron chi connectivity index (χ4n) is 2.81. The van der Waals surface area contributed by atoms with Gasteiger partial charge in [0.25, 0.3) is 5.91 Å². The normalized spacial score (nSPS) is 12.4. The van der Waals surface area contributed by atoms with Crippen molar-refractivity contribution >= 4 is 17.5 Å². The predicted molar refractivity (Wildman–Crippen MR) is 103 cm³/mol. The number of hydrogen-bond acceptors (Lipinski definition) is 5. The molecule has 0 saturated carbocycles. The molecule has 1 amide bonds. The van der Waals surface area contributed by atoms with Gasteiger partial charge in [0.05, 0.1) is 18.7 Å². The first kappa shape index (κ1) is 19.2. The van der Waals surface area contributed by atoms with Crippen LogP contribution in [-0.2, 0) is 6.42 Å². The van der Waals surface area contributed by atoms with Crippen molar-refractivity contribution in [2.45, 2.75) is 13.3 Å². The molecule has 1 heterocycles. The van der Waals surface area contributed by atoms with Crippen LogP contribution in [0, 0.1) is 0 Å². The Labute approximate surface area is 163 Å². The Morgan fingerprint density at radius 1 is 1.19 bits per heavy atom. The van der Waals surface area contributed by atoms with Crippen molar-refractivity contribution in [3.8, 4) is 23.0 Å². The lowest BCUT2D eigenvalue weighted by molar-refractivity contribution is 0.0953. The molecule has 0 radical (unpaired) electrons. The van der Waals surface area contributed by atoms with E-state index in [1.54, 1.807) is 25.3 Å². The summed E-state index contributed by atoms with van der Waals surface area (Å²) in [6.45, 7) is 3.88. The molecule has 3 rings (SSSR count). The Kier molecular flexibility index (Phi) is 6.29. The largest absolute Gasteiger partial charge is 0.493 e. The molecule has 0 bridgehead atoms. The van der Waals surface area contributed by atoms with E-state index in [4.69, 9.17) is 30.5 Å². The summed E-state index contributed by atoms with van der Waals surface area (Å²) in [6.07, 6.45) is 0.621. The van der Waals surface area contributed by atoms with Gasteiger partial charge in [0.1, 0.15) is 13.2 Å². The van der Waals surface area contributed by atoms with Crippen molar-refractivity contribution in [3.63, 3.8) is 0 Å². The van der Waals surface area contributed by atoms with Crippen molar-refractivity contribution in [3.05, 3.63) is 46.5 Å². The van der Waals surface area contributed by atoms with Gasteiger partial charge in [-0.3, -0.25) is 4.79 Å². The molecule has 2 aromatic rings. The van der Waals surface area contributed by atoms with Crippen LogP contribution in [0.25, 0.3) is 0 Å². The molecule has 1 N–H and O–H groups in total. The number of carbonyl (C=O) groups excluding carboxylic acids is 1. The number of carbonyl (C=O) groups is 1. The summed E-state index contributed by atoms with van der Waals surface area (Å²) in [5.41, 5.74) is 1.48. The second-order valence-corrected chi connectivity index (χ2v) is 6.31. The molecule has 0 atom stereocenters. The first-order valence-corrected chi connectivity index (χ1v) is 9.17. The third kappa shape index (κ3) is 4.57. The van der Waals surface area contributed by atoms with E-state index in [2.05, 4.69) is 5.32 Å². The van der Waals surface area contributed by atoms with Gasteiger partial charge in [0, 0.05) is 12.1 Å². The van der Waals surface area contributed by atoms with Gasteiger partial charge in [0.15, 0.2) is 23.0 Å². The zero-order valence-corrected chi connectivity index (χ0v) is 16.1. The molecule has 1 aliphatic heterocycles. The van der Waals surface area contributed by atoms with Crippen molar-refractivity contribution in [1.82, 2.24) is 5.32 Å². The topological polar surface area (TPSA) is 66.0 Å². The Bertz CT molecular complexity index is 824. The Hall–Kier alpha value is -2.60. The highest BCUT2D eigenvalue weighted by molar-refractivity contribution is 6.32. The molecular formula is C20H22ClNO5. The van der Waals surface area contributed by atoms with Crippen molar-refractivity contribution in [2.24, 2.45) is 0 Å². The van der Waals surface area contributed by atoms with Crippen LogP contribution in [0.4, 0.5) is 0 Å². The number of benzene rings is 2. The van der Waals surface area contributed by atoms with E-state index < -0.39 is 0 Å². The van der Waals surface area contributed by atoms with Crippen molar-refractivity contribution < 1.29 is 23.7 Å². The molecule has 0 saturated heterocycles. The quantitative estimate of drug-likeness (QED) is 0.782. The number of fused-ring (bicyclic) bond motifs is 1. The maximum absolute atomic E-state index is 12.4. The molecule has 27 heavy (non-hydrogen) atoms. The third-order valence-corrected chi connectivity index (χ3v) is 4.36. The SMILES string of the molecule is CCOc1ccc(C(=O)NCCc2cc(Cl)c3c(c2)OCCO3)cc1OC. The molecule has 6 nitrogen and oxygen atoms in total. The van der Waals surface area contributed by atoms with Gasteiger partial charge in [-0.25, -0.2) is 0 Å². The van der Waals surface area contributed by atoms with Crippen molar-refractivity contribution in [2.75, 3.05) is 33.5 Å². The summed E-state index contributed by atoms with van der Waals surface area (Å²) in [5, 5.41) is 3.42. The van der Waals surface area contributed by atoms with Crippen LogP contribution >= 0.6 is 11.6 Å². The zero-order valence-electron chi connectivity index (χ0n) is 15.3. The average Bonchev–Trinajstić information content (AvgIpc) is 2.68. The monoisotopic (exact) mass is 391 g/mol. The second kappa shape index (κ2) is 8.86. The van der Waals surface area contributed by atoms with Crippen molar-refractivity contribution in [1.29, 1.82) is 0 Å². The lowest BCUT2D eigenvalue weighted by Crippen LogP contribution is -2.25. The molecule has 144 valence electrons. The number of amides is 1. The van der Waals surface area contributed by atoms with Crippen LogP contribution in [-0.4, -0.2) is 39.4 Å². The zero-order chi connectivity index (χ0) is 19.2. The van der Waals surface area contributed by atoms with E-state index >= 15 is 0 Å². The number of halogens is 1. The van der Waals surface area contributed by atoms with Crippen LogP contribution in [0.15, 0.2) is 30.3 Å². The number of nitrogens with one attached hydrogen (secondary N) is 1. The summed E-state index contributed by atoms with van der Waals surface area (Å²) in [4.78, 5) is 12.4. The summed E-state index contributed by atoms with van der Waals surface area (Å²) >= 11 is 6.24. The summed E-state index contributed by atoms with van der Waals surface area (Å²) < 4.78 is 21.8. The lowest BCUT2D eigenvalue weighted by Gasteiger charge is -2.20. The van der Waals surface area contributed by atoms with Gasteiger partial charge in [-0.1, -0.05) is 11.6 Å². The average molecular weight is 392 g/mol. The minimum atomic E-state index is -0.181. The van der Waals surface area contributed by atoms with E-state index in [1.165, 1.54) is 0 Å². The van der Waals surface area contributed by atoms with Gasteiger partial charge in [0.2, 0.25) is 0 Å². The molecule has 2 aromatic carbocycles. The van der Waals surface area contributed by atoms with E-state index in [0.29, 0.717) is 66.4 Å². The highest BCUT2D eigenvalue weighted by Crippen LogP contribution is 2.38. The minimum Gasteiger partial charge on any atom is -0.493 e. The number of ether oxygens (including phenoxy) is 4. The maximum Gasteiger partial charge on any atom is 0.251 e. The molecule has 0 unspecified atom stereocenters. The summed E-state index contributed by atoms with van der Waals surface area (Å²) in [6, 6.07) is 8.84. The van der Waals surface area contributed by atoms with Crippen LogP contribution in [0.3, 0.4) is 0 Å². The van der Waals surface area contributed by atoms with Gasteiger partial charge in [-0.05, 0) is 49.2 Å². The maximum atomic E-state index is 12.4. The number of methoxy groups -OCH3 is 1. The highest BCUT2D eigenvalue weighted by Gasteiger charge is 2.17. The smallest absolute Gasteiger partial charge is 0.251 e. The van der Waals surface area contributed by atoms with E-state index in [0.717, 1.165) is 5.56 Å². The standard InChI is InChI=1S/C20H22ClNO5/c1-3-25-16-5-4-14(12-17(16)24-2)20(23)22-7-6-13-10-15(21)19-18(11-13)26-8-9-27-19/h4-5,10-12H,3,6-9H2,1-2H3,(H,22,23). The van der Waals surface area contributed by atoms with E-state index in [9.17, 15) is 4.79 Å². The summed E-state index contributed by atoms with van der Waals surface area (Å²) in [5.74, 6) is 2.19. The first-order chi connectivity index (χ1) is 13.1. The highest BCUT2D eigenvalue weighted by atomic mass is 35.5. The molecule has 7 heteroatoms. The van der Waals surface area contributed by atoms with Crippen LogP contribution in [0.1, 0.15) is 22.8 Å². The van der Waals surface area contributed by atoms with Crippen LogP contribution in [0.5, 0.6) is 23.0 Å². The van der Waals surface area contributed by atoms with Crippen LogP contribution < -0.4 is 24.3 Å². The minimum absolute atomic E-state index is 0.181. The molecule has 1 aliphatic rings. The van der Waals surface area contributed by atoms with Crippen LogP contribution in [0.2, 0.25) is 5.02 Å². The molecule has 0 aliphatic carbocycles. The Balaban J connectivity index is 1.60. The van der Waals surface area contributed by atoms with Gasteiger partial charge < -0.3 is 24.3 Å². The fraction of sp³-hybridized carbons (Fsp3) is 0.350. The Morgan fingerprint density at radius 2 is 2.00 bits per heavy atom. The fourth-order valence-corrected chi connectivity index (χ4v) is 3.10. The Morgan fingerprint density at radius 3 is 2.78 bits per heavy atom. The summed E-state index contributed by atoms with van der Waals surface area (Å²) in [7, 11) is 1.55.